The number of rotatable bonds is 4. The van der Waals surface area contributed by atoms with Gasteiger partial charge in [0.1, 0.15) is 4.88 Å². The number of nitrogens with one attached hydrogen (secondary N) is 2. The Morgan fingerprint density at radius 3 is 3.12 bits per heavy atom. The Kier molecular flexibility index (Phi) is 3.73. The highest BCUT2D eigenvalue weighted by Gasteiger charge is 2.31. The third kappa shape index (κ3) is 2.81. The molecule has 1 fully saturated rings. The molecule has 17 heavy (non-hydrogen) atoms. The molecule has 94 valence electrons. The Labute approximate surface area is 105 Å². The van der Waals surface area contributed by atoms with E-state index in [1.165, 1.54) is 11.5 Å². The van der Waals surface area contributed by atoms with Crippen LogP contribution in [0.4, 0.5) is 0 Å². The van der Waals surface area contributed by atoms with Crippen molar-refractivity contribution in [2.45, 2.75) is 38.6 Å². The summed E-state index contributed by atoms with van der Waals surface area (Å²) in [5, 5.41) is 10.4. The Bertz CT molecular complexity index is 398. The molecule has 2 heterocycles. The first kappa shape index (κ1) is 12.4. The average Bonchev–Trinajstić information content (AvgIpc) is 2.88. The van der Waals surface area contributed by atoms with E-state index in [9.17, 15) is 4.79 Å². The summed E-state index contributed by atoms with van der Waals surface area (Å²) in [5.41, 5.74) is 0.689. The fraction of sp³-hybridized carbons (Fsp3) is 0.727. The molecule has 2 N–H and O–H groups in total. The van der Waals surface area contributed by atoms with Gasteiger partial charge in [0.15, 0.2) is 0 Å². The normalized spacial score (nSPS) is 23.9. The molecule has 0 saturated carbocycles. The summed E-state index contributed by atoms with van der Waals surface area (Å²) in [6.45, 7) is 5.93. The average molecular weight is 254 g/mol. The molecule has 1 saturated heterocycles. The number of carbonyl (C=O) groups excluding carboxylic acids is 1. The Morgan fingerprint density at radius 1 is 1.65 bits per heavy atom. The zero-order valence-corrected chi connectivity index (χ0v) is 11.1. The maximum Gasteiger partial charge on any atom is 0.265 e. The second kappa shape index (κ2) is 5.10. The Balaban J connectivity index is 2.06. The molecular weight excluding hydrogens is 236 g/mol. The highest BCUT2D eigenvalue weighted by Crippen LogP contribution is 2.17. The minimum atomic E-state index is -0.134. The summed E-state index contributed by atoms with van der Waals surface area (Å²) in [6, 6.07) is 0. The number of aromatic nitrogens is 2. The molecule has 6 heteroatoms. The lowest BCUT2D eigenvalue weighted by atomic mass is 10.0. The van der Waals surface area contributed by atoms with Gasteiger partial charge in [0.05, 0.1) is 11.2 Å². The molecule has 0 bridgehead atoms. The van der Waals surface area contributed by atoms with Crippen LogP contribution in [0.1, 0.15) is 42.1 Å². The van der Waals surface area contributed by atoms with Gasteiger partial charge in [0, 0.05) is 6.54 Å². The lowest BCUT2D eigenvalue weighted by molar-refractivity contribution is 0.0916. The van der Waals surface area contributed by atoms with Crippen molar-refractivity contribution in [1.82, 2.24) is 20.2 Å². The predicted octanol–water partition coefficient (Wildman–Crippen LogP) is 0.972. The van der Waals surface area contributed by atoms with Gasteiger partial charge in [-0.3, -0.25) is 4.79 Å². The number of hydrogen-bond donors (Lipinski definition) is 2. The summed E-state index contributed by atoms with van der Waals surface area (Å²) >= 11 is 1.19. The minimum absolute atomic E-state index is 0.0327. The second-order valence-corrected chi connectivity index (χ2v) is 5.49. The van der Waals surface area contributed by atoms with Crippen molar-refractivity contribution in [3.8, 4) is 0 Å². The fourth-order valence-electron chi connectivity index (χ4n) is 2.04. The summed E-state index contributed by atoms with van der Waals surface area (Å²) in [7, 11) is 0. The number of aryl methyl sites for hydroxylation is 1. The molecule has 5 nitrogen and oxygen atoms in total. The molecule has 1 aromatic rings. The molecule has 1 aromatic heterocycles. The van der Waals surface area contributed by atoms with Crippen LogP contribution in [0.5, 0.6) is 0 Å². The third-order valence-electron chi connectivity index (χ3n) is 3.03. The molecule has 1 amide bonds. The van der Waals surface area contributed by atoms with E-state index in [-0.39, 0.29) is 11.4 Å². The topological polar surface area (TPSA) is 66.9 Å². The van der Waals surface area contributed by atoms with E-state index < -0.39 is 0 Å². The van der Waals surface area contributed by atoms with Crippen LogP contribution >= 0.6 is 11.5 Å². The van der Waals surface area contributed by atoms with Crippen molar-refractivity contribution in [3.05, 3.63) is 10.6 Å². The molecule has 0 aliphatic carbocycles. The number of hydrogen-bond acceptors (Lipinski definition) is 5. The summed E-state index contributed by atoms with van der Waals surface area (Å²) in [4.78, 5) is 12.8. The smallest absolute Gasteiger partial charge is 0.265 e. The predicted molar refractivity (Wildman–Crippen MR) is 67.3 cm³/mol. The second-order valence-electron chi connectivity index (χ2n) is 4.74. The van der Waals surface area contributed by atoms with Crippen molar-refractivity contribution in [2.75, 3.05) is 13.1 Å². The van der Waals surface area contributed by atoms with Gasteiger partial charge in [-0.25, -0.2) is 0 Å². The molecule has 1 unspecified atom stereocenters. The minimum Gasteiger partial charge on any atom is -0.345 e. The third-order valence-corrected chi connectivity index (χ3v) is 3.80. The Morgan fingerprint density at radius 2 is 2.47 bits per heavy atom. The standard InChI is InChI=1S/C11H18N4OS/c1-3-4-8-9(17-15-14-8)10(16)13-11(2)5-6-12-7-11/h12H,3-7H2,1-2H3,(H,13,16). The van der Waals surface area contributed by atoms with E-state index >= 15 is 0 Å². The molecule has 1 aliphatic rings. The van der Waals surface area contributed by atoms with Crippen LogP contribution in [0.3, 0.4) is 0 Å². The summed E-state index contributed by atoms with van der Waals surface area (Å²) < 4.78 is 3.87. The van der Waals surface area contributed by atoms with Gasteiger partial charge in [-0.1, -0.05) is 17.8 Å². The first-order valence-corrected chi connectivity index (χ1v) is 6.76. The van der Waals surface area contributed by atoms with Gasteiger partial charge in [0.2, 0.25) is 0 Å². The van der Waals surface area contributed by atoms with Crippen molar-refractivity contribution in [1.29, 1.82) is 0 Å². The quantitative estimate of drug-likeness (QED) is 0.840. The Hall–Kier alpha value is -1.01. The number of amides is 1. The number of carbonyl (C=O) groups is 1. The first-order chi connectivity index (χ1) is 8.14. The van der Waals surface area contributed by atoms with Crippen LogP contribution in [0, 0.1) is 0 Å². The SMILES string of the molecule is CCCc1nnsc1C(=O)NC1(C)CCNC1. The molecule has 0 aromatic carbocycles. The van der Waals surface area contributed by atoms with E-state index in [2.05, 4.69) is 34.1 Å². The lowest BCUT2D eigenvalue weighted by Crippen LogP contribution is -2.47. The summed E-state index contributed by atoms with van der Waals surface area (Å²) in [6.07, 6.45) is 2.76. The van der Waals surface area contributed by atoms with E-state index in [4.69, 9.17) is 0 Å². The first-order valence-electron chi connectivity index (χ1n) is 5.99. The molecule has 0 radical (unpaired) electrons. The monoisotopic (exact) mass is 254 g/mol. The molecular formula is C11H18N4OS. The number of nitrogens with zero attached hydrogens (tertiary/aromatic N) is 2. The zero-order chi connectivity index (χ0) is 12.3. The molecule has 0 spiro atoms. The van der Waals surface area contributed by atoms with Gasteiger partial charge < -0.3 is 10.6 Å². The van der Waals surface area contributed by atoms with Crippen molar-refractivity contribution in [3.63, 3.8) is 0 Å². The van der Waals surface area contributed by atoms with Gasteiger partial charge in [0.25, 0.3) is 5.91 Å². The van der Waals surface area contributed by atoms with E-state index in [0.29, 0.717) is 4.88 Å². The van der Waals surface area contributed by atoms with Crippen LogP contribution < -0.4 is 10.6 Å². The highest BCUT2D eigenvalue weighted by atomic mass is 32.1. The van der Waals surface area contributed by atoms with Gasteiger partial charge in [-0.2, -0.15) is 0 Å². The zero-order valence-electron chi connectivity index (χ0n) is 10.2. The largest absolute Gasteiger partial charge is 0.345 e. The van der Waals surface area contributed by atoms with Crippen molar-refractivity contribution >= 4 is 17.4 Å². The maximum atomic E-state index is 12.2. The van der Waals surface area contributed by atoms with Crippen molar-refractivity contribution < 1.29 is 4.79 Å². The summed E-state index contributed by atoms with van der Waals surface area (Å²) in [5.74, 6) is -0.0327. The van der Waals surface area contributed by atoms with E-state index in [0.717, 1.165) is 38.0 Å². The van der Waals surface area contributed by atoms with Gasteiger partial charge in [-0.05, 0) is 37.8 Å². The van der Waals surface area contributed by atoms with Crippen molar-refractivity contribution in [2.24, 2.45) is 0 Å². The lowest BCUT2D eigenvalue weighted by Gasteiger charge is -2.24. The van der Waals surface area contributed by atoms with Crippen LogP contribution in [0.2, 0.25) is 0 Å². The van der Waals surface area contributed by atoms with E-state index in [1.54, 1.807) is 0 Å². The molecule has 1 atom stereocenters. The molecule has 2 rings (SSSR count). The molecule has 1 aliphatic heterocycles. The van der Waals surface area contributed by atoms with Gasteiger partial charge >= 0.3 is 0 Å². The van der Waals surface area contributed by atoms with E-state index in [1.807, 2.05) is 0 Å². The van der Waals surface area contributed by atoms with Crippen LogP contribution in [0.25, 0.3) is 0 Å². The van der Waals surface area contributed by atoms with Crippen LogP contribution in [-0.2, 0) is 6.42 Å². The maximum absolute atomic E-state index is 12.2. The van der Waals surface area contributed by atoms with Gasteiger partial charge in [-0.15, -0.1) is 5.10 Å². The van der Waals surface area contributed by atoms with Crippen LogP contribution in [0.15, 0.2) is 0 Å². The van der Waals surface area contributed by atoms with Crippen LogP contribution in [-0.4, -0.2) is 34.1 Å². The highest BCUT2D eigenvalue weighted by molar-refractivity contribution is 7.08. The fourth-order valence-corrected chi connectivity index (χ4v) is 2.64.